The van der Waals surface area contributed by atoms with Crippen LogP contribution in [-0.2, 0) is 16.1 Å². The molecule has 3 aromatic rings. The number of rotatable bonds is 9. The molecule has 156 valence electrons. The van der Waals surface area contributed by atoms with E-state index in [0.717, 1.165) is 0 Å². The van der Waals surface area contributed by atoms with E-state index in [-0.39, 0.29) is 36.2 Å². The summed E-state index contributed by atoms with van der Waals surface area (Å²) >= 11 is 0. The van der Waals surface area contributed by atoms with Crippen LogP contribution in [0.25, 0.3) is 11.4 Å². The van der Waals surface area contributed by atoms with Gasteiger partial charge in [0.2, 0.25) is 5.82 Å². The minimum atomic E-state index is -0.683. The maximum absolute atomic E-state index is 12.4. The topological polar surface area (TPSA) is 136 Å². The van der Waals surface area contributed by atoms with Crippen molar-refractivity contribution in [1.29, 1.82) is 0 Å². The summed E-state index contributed by atoms with van der Waals surface area (Å²) in [6, 6.07) is 11.5. The van der Waals surface area contributed by atoms with E-state index in [1.54, 1.807) is 37.4 Å². The van der Waals surface area contributed by atoms with Crippen LogP contribution < -0.4 is 19.9 Å². The molecule has 1 heterocycles. The molecule has 0 unspecified atom stereocenters. The Morgan fingerprint density at radius 1 is 1.07 bits per heavy atom. The molecule has 0 spiro atoms. The molecule has 30 heavy (non-hydrogen) atoms. The highest BCUT2D eigenvalue weighted by atomic mass is 16.6. The van der Waals surface area contributed by atoms with E-state index in [1.807, 2.05) is 0 Å². The summed E-state index contributed by atoms with van der Waals surface area (Å²) in [7, 11) is 3.06. The van der Waals surface area contributed by atoms with Gasteiger partial charge in [-0.1, -0.05) is 17.3 Å². The van der Waals surface area contributed by atoms with Crippen LogP contribution in [0.3, 0.4) is 0 Å². The minimum absolute atomic E-state index is 0.0896. The van der Waals surface area contributed by atoms with E-state index in [9.17, 15) is 9.59 Å². The number of ether oxygens (including phenoxy) is 4. The lowest BCUT2D eigenvalue weighted by molar-refractivity contribution is -0.119. The summed E-state index contributed by atoms with van der Waals surface area (Å²) in [5.41, 5.74) is 5.79. The molecule has 0 saturated carbocycles. The molecule has 0 aliphatic rings. The van der Waals surface area contributed by atoms with Crippen molar-refractivity contribution < 1.29 is 33.1 Å². The van der Waals surface area contributed by atoms with Gasteiger partial charge in [0.05, 0.1) is 19.8 Å². The normalized spacial score (nSPS) is 10.3. The van der Waals surface area contributed by atoms with E-state index in [2.05, 4.69) is 10.1 Å². The number of carbonyl (C=O) groups excluding carboxylic acids is 2. The van der Waals surface area contributed by atoms with Crippen LogP contribution in [0.15, 0.2) is 47.0 Å². The van der Waals surface area contributed by atoms with Crippen molar-refractivity contribution in [2.45, 2.75) is 6.61 Å². The fourth-order valence-corrected chi connectivity index (χ4v) is 2.52. The first-order chi connectivity index (χ1) is 14.5. The van der Waals surface area contributed by atoms with Gasteiger partial charge in [0.15, 0.2) is 13.2 Å². The first kappa shape index (κ1) is 20.6. The first-order valence-electron chi connectivity index (χ1n) is 8.74. The summed E-state index contributed by atoms with van der Waals surface area (Å²) < 4.78 is 26.1. The molecule has 1 amide bonds. The number of hydrogen-bond donors (Lipinski definition) is 1. The molecule has 0 aliphatic heterocycles. The number of nitrogens with zero attached hydrogens (tertiary/aromatic N) is 2. The minimum Gasteiger partial charge on any atom is -0.497 e. The smallest absolute Gasteiger partial charge is 0.342 e. The molecule has 10 nitrogen and oxygen atoms in total. The van der Waals surface area contributed by atoms with Crippen LogP contribution in [0.2, 0.25) is 0 Å². The predicted octanol–water partition coefficient (Wildman–Crippen LogP) is 1.97. The van der Waals surface area contributed by atoms with Gasteiger partial charge in [-0.15, -0.1) is 0 Å². The monoisotopic (exact) mass is 413 g/mol. The third-order valence-corrected chi connectivity index (χ3v) is 3.92. The molecule has 0 bridgehead atoms. The Labute approximate surface area is 171 Å². The molecule has 1 aromatic heterocycles. The number of methoxy groups -OCH3 is 2. The molecule has 0 radical (unpaired) electrons. The van der Waals surface area contributed by atoms with Crippen LogP contribution in [0, 0.1) is 0 Å². The van der Waals surface area contributed by atoms with Crippen molar-refractivity contribution in [3.05, 3.63) is 53.9 Å². The lowest BCUT2D eigenvalue weighted by atomic mass is 10.2. The number of nitrogens with two attached hydrogens (primary N) is 1. The number of amides is 1. The molecule has 0 saturated heterocycles. The van der Waals surface area contributed by atoms with Crippen LogP contribution in [-0.4, -0.2) is 42.8 Å². The quantitative estimate of drug-likeness (QED) is 0.522. The SMILES string of the molecule is COc1ccc(-c2noc(COC(=O)c3ccccc3OCC(N)=O)n2)c(OC)c1. The molecular weight excluding hydrogens is 394 g/mol. The van der Waals surface area contributed by atoms with Gasteiger partial charge in [0.25, 0.3) is 11.8 Å². The van der Waals surface area contributed by atoms with Crippen molar-refractivity contribution in [3.8, 4) is 28.6 Å². The maximum atomic E-state index is 12.4. The van der Waals surface area contributed by atoms with E-state index in [1.165, 1.54) is 19.2 Å². The second kappa shape index (κ2) is 9.41. The van der Waals surface area contributed by atoms with Crippen LogP contribution in [0.1, 0.15) is 16.2 Å². The van der Waals surface area contributed by atoms with Gasteiger partial charge in [-0.25, -0.2) is 4.79 Å². The van der Waals surface area contributed by atoms with Gasteiger partial charge in [-0.2, -0.15) is 4.98 Å². The van der Waals surface area contributed by atoms with Crippen LogP contribution in [0.4, 0.5) is 0 Å². The Bertz CT molecular complexity index is 1050. The molecule has 0 fully saturated rings. The fourth-order valence-electron chi connectivity index (χ4n) is 2.52. The van der Waals surface area contributed by atoms with Crippen LogP contribution in [0.5, 0.6) is 17.2 Å². The van der Waals surface area contributed by atoms with Gasteiger partial charge in [0, 0.05) is 6.07 Å². The van der Waals surface area contributed by atoms with Crippen molar-refractivity contribution in [1.82, 2.24) is 10.1 Å². The first-order valence-corrected chi connectivity index (χ1v) is 8.74. The summed E-state index contributed by atoms with van der Waals surface area (Å²) in [6.45, 7) is -0.616. The molecule has 2 N–H and O–H groups in total. The second-order valence-electron chi connectivity index (χ2n) is 5.91. The number of para-hydroxylation sites is 1. The van der Waals surface area contributed by atoms with E-state index in [0.29, 0.717) is 17.1 Å². The van der Waals surface area contributed by atoms with Crippen molar-refractivity contribution in [2.24, 2.45) is 5.73 Å². The second-order valence-corrected chi connectivity index (χ2v) is 5.91. The Balaban J connectivity index is 1.69. The Hall–Kier alpha value is -4.08. The molecular formula is C20H19N3O7. The average Bonchev–Trinajstić information content (AvgIpc) is 3.24. The zero-order valence-corrected chi connectivity index (χ0v) is 16.3. The third kappa shape index (κ3) is 4.85. The van der Waals surface area contributed by atoms with Gasteiger partial charge in [0.1, 0.15) is 22.8 Å². The fraction of sp³-hybridized carbons (Fsp3) is 0.200. The summed E-state index contributed by atoms with van der Waals surface area (Å²) in [4.78, 5) is 27.5. The van der Waals surface area contributed by atoms with Crippen molar-refractivity contribution >= 4 is 11.9 Å². The number of benzene rings is 2. The van der Waals surface area contributed by atoms with Gasteiger partial charge in [-0.3, -0.25) is 4.79 Å². The number of aromatic nitrogens is 2. The van der Waals surface area contributed by atoms with E-state index < -0.39 is 11.9 Å². The maximum Gasteiger partial charge on any atom is 0.342 e. The summed E-state index contributed by atoms with van der Waals surface area (Å²) in [6.07, 6.45) is 0. The molecule has 0 atom stereocenters. The number of carbonyl (C=O) groups is 2. The lowest BCUT2D eigenvalue weighted by Crippen LogP contribution is -2.21. The predicted molar refractivity (Wildman–Crippen MR) is 103 cm³/mol. The molecule has 0 aliphatic carbocycles. The molecule has 10 heteroatoms. The van der Waals surface area contributed by atoms with Gasteiger partial charge < -0.3 is 29.2 Å². The zero-order chi connectivity index (χ0) is 21.5. The third-order valence-electron chi connectivity index (χ3n) is 3.92. The summed E-state index contributed by atoms with van der Waals surface area (Å²) in [5.74, 6) is 0.306. The lowest BCUT2D eigenvalue weighted by Gasteiger charge is -2.09. The number of esters is 1. The largest absolute Gasteiger partial charge is 0.497 e. The summed E-state index contributed by atoms with van der Waals surface area (Å²) in [5, 5.41) is 3.89. The van der Waals surface area contributed by atoms with Crippen LogP contribution >= 0.6 is 0 Å². The number of primary amides is 1. The van der Waals surface area contributed by atoms with Crippen molar-refractivity contribution in [2.75, 3.05) is 20.8 Å². The average molecular weight is 413 g/mol. The van der Waals surface area contributed by atoms with E-state index in [4.69, 9.17) is 29.2 Å². The Kier molecular flexibility index (Phi) is 6.48. The number of hydrogen-bond acceptors (Lipinski definition) is 9. The highest BCUT2D eigenvalue weighted by Gasteiger charge is 2.18. The van der Waals surface area contributed by atoms with Gasteiger partial charge in [-0.05, 0) is 24.3 Å². The Morgan fingerprint density at radius 3 is 2.60 bits per heavy atom. The van der Waals surface area contributed by atoms with E-state index >= 15 is 0 Å². The highest BCUT2D eigenvalue weighted by Crippen LogP contribution is 2.31. The standard InChI is InChI=1S/C20H19N3O7/c1-26-12-7-8-13(16(9-12)27-2)19-22-18(30-23-19)11-29-20(25)14-5-3-4-6-15(14)28-10-17(21)24/h3-9H,10-11H2,1-2H3,(H2,21,24). The zero-order valence-electron chi connectivity index (χ0n) is 16.3. The highest BCUT2D eigenvalue weighted by molar-refractivity contribution is 5.92. The van der Waals surface area contributed by atoms with Gasteiger partial charge >= 0.3 is 5.97 Å². The molecule has 2 aromatic carbocycles. The Morgan fingerprint density at radius 2 is 1.87 bits per heavy atom. The van der Waals surface area contributed by atoms with Crippen molar-refractivity contribution in [3.63, 3.8) is 0 Å². The molecule has 3 rings (SSSR count).